The van der Waals surface area contributed by atoms with Crippen LogP contribution < -0.4 is 10.5 Å². The molecule has 4 aromatic rings. The van der Waals surface area contributed by atoms with Crippen LogP contribution in [0.25, 0.3) is 22.4 Å². The summed E-state index contributed by atoms with van der Waals surface area (Å²) in [5.41, 5.74) is 5.29. The van der Waals surface area contributed by atoms with Crippen molar-refractivity contribution in [1.82, 2.24) is 29.7 Å². The zero-order valence-electron chi connectivity index (χ0n) is 21.5. The van der Waals surface area contributed by atoms with Crippen molar-refractivity contribution >= 4 is 22.7 Å². The summed E-state index contributed by atoms with van der Waals surface area (Å²) in [5.74, 6) is -0.443. The topological polar surface area (TPSA) is 141 Å². The highest BCUT2D eigenvalue weighted by Gasteiger charge is 2.34. The second-order valence-corrected chi connectivity index (χ2v) is 9.08. The lowest BCUT2D eigenvalue weighted by Gasteiger charge is -2.34. The number of fused-ring (bicyclic) bond motifs is 1. The Morgan fingerprint density at radius 1 is 1.00 bits per heavy atom. The van der Waals surface area contributed by atoms with Crippen molar-refractivity contribution < 1.29 is 31.9 Å². The van der Waals surface area contributed by atoms with Gasteiger partial charge in [0.1, 0.15) is 17.0 Å². The van der Waals surface area contributed by atoms with E-state index >= 15 is 0 Å². The molecule has 11 nitrogen and oxygen atoms in total. The normalized spacial score (nSPS) is 14.8. The van der Waals surface area contributed by atoms with Crippen LogP contribution in [0.3, 0.4) is 0 Å². The number of carbonyl (C=O) groups excluding carboxylic acids is 2. The Hall–Kier alpha value is -4.59. The van der Waals surface area contributed by atoms with Gasteiger partial charge in [0.25, 0.3) is 11.8 Å². The van der Waals surface area contributed by atoms with Gasteiger partial charge in [0.15, 0.2) is 11.5 Å². The zero-order valence-corrected chi connectivity index (χ0v) is 21.5. The molecule has 4 heterocycles. The van der Waals surface area contributed by atoms with Crippen LogP contribution in [-0.2, 0) is 6.18 Å². The summed E-state index contributed by atoms with van der Waals surface area (Å²) in [6.07, 6.45) is -1.69. The molecule has 1 saturated heterocycles. The SMILES string of the molecule is COc1ccc(-c2nc(C(=O)N3CCN(C(=O)c4ncccn4)CC3)c([C@H](C)N)o2)c2ccc(C(F)(F)F)nc12. The minimum absolute atomic E-state index is 0.0000909. The number of rotatable bonds is 5. The number of oxazole rings is 1. The van der Waals surface area contributed by atoms with Gasteiger partial charge in [-0.1, -0.05) is 0 Å². The molecule has 0 radical (unpaired) electrons. The lowest BCUT2D eigenvalue weighted by atomic mass is 10.1. The maximum atomic E-state index is 13.5. The predicted octanol–water partition coefficient (Wildman–Crippen LogP) is 3.33. The number of pyridine rings is 1. The van der Waals surface area contributed by atoms with Crippen LogP contribution in [0, 0.1) is 0 Å². The van der Waals surface area contributed by atoms with Crippen molar-refractivity contribution in [3.05, 3.63) is 65.7 Å². The van der Waals surface area contributed by atoms with E-state index in [0.717, 1.165) is 6.07 Å². The number of alkyl halides is 3. The fraction of sp³-hybridized carbons (Fsp3) is 0.308. The number of halogens is 3. The highest BCUT2D eigenvalue weighted by Crippen LogP contribution is 2.37. The second kappa shape index (κ2) is 10.5. The zero-order chi connectivity index (χ0) is 28.6. The number of aromatic nitrogens is 4. The number of amides is 2. The summed E-state index contributed by atoms with van der Waals surface area (Å²) in [6.45, 7) is 2.61. The van der Waals surface area contributed by atoms with Gasteiger partial charge in [-0.2, -0.15) is 13.2 Å². The number of piperazine rings is 1. The van der Waals surface area contributed by atoms with E-state index in [9.17, 15) is 22.8 Å². The van der Waals surface area contributed by atoms with E-state index in [1.807, 2.05) is 0 Å². The summed E-state index contributed by atoms with van der Waals surface area (Å²) in [6, 6.07) is 6.03. The minimum Gasteiger partial charge on any atom is -0.494 e. The standard InChI is InChI=1S/C26H24F3N7O4/c1-14(30)21-20(24(37)35-10-12-36(13-11-35)25(38)22-31-8-3-9-32-22)34-23(40-21)16-4-6-17(39-2)19-15(16)5-7-18(33-19)26(27,28)29/h3-9,14H,10-13,30H2,1-2H3/t14-/m0/s1. The number of nitrogens with two attached hydrogens (primary N) is 1. The van der Waals surface area contributed by atoms with Crippen molar-refractivity contribution in [2.75, 3.05) is 33.3 Å². The van der Waals surface area contributed by atoms with Gasteiger partial charge in [-0.3, -0.25) is 9.59 Å². The average molecular weight is 556 g/mol. The molecule has 5 rings (SSSR count). The molecule has 2 amide bonds. The molecule has 0 bridgehead atoms. The number of benzene rings is 1. The molecule has 208 valence electrons. The second-order valence-electron chi connectivity index (χ2n) is 9.08. The molecule has 2 N–H and O–H groups in total. The molecular weight excluding hydrogens is 531 g/mol. The average Bonchev–Trinajstić information content (AvgIpc) is 3.41. The Kier molecular flexibility index (Phi) is 7.10. The first-order valence-corrected chi connectivity index (χ1v) is 12.3. The highest BCUT2D eigenvalue weighted by molar-refractivity contribution is 5.98. The first-order chi connectivity index (χ1) is 19.1. The van der Waals surface area contributed by atoms with Gasteiger partial charge in [0.2, 0.25) is 11.7 Å². The Morgan fingerprint density at radius 2 is 1.65 bits per heavy atom. The number of nitrogens with zero attached hydrogens (tertiary/aromatic N) is 6. The van der Waals surface area contributed by atoms with Crippen LogP contribution in [0.4, 0.5) is 13.2 Å². The van der Waals surface area contributed by atoms with Gasteiger partial charge >= 0.3 is 6.18 Å². The summed E-state index contributed by atoms with van der Waals surface area (Å²) in [7, 11) is 1.33. The number of ether oxygens (including phenoxy) is 1. The monoisotopic (exact) mass is 555 g/mol. The molecule has 1 aliphatic rings. The molecule has 0 unspecified atom stereocenters. The molecule has 0 spiro atoms. The van der Waals surface area contributed by atoms with E-state index < -0.39 is 23.8 Å². The number of hydrogen-bond donors (Lipinski definition) is 1. The fourth-order valence-corrected chi connectivity index (χ4v) is 4.42. The lowest BCUT2D eigenvalue weighted by Crippen LogP contribution is -2.51. The Labute approximate surface area is 225 Å². The molecule has 1 atom stereocenters. The van der Waals surface area contributed by atoms with Gasteiger partial charge in [0, 0.05) is 49.5 Å². The van der Waals surface area contributed by atoms with Crippen LogP contribution in [0.1, 0.15) is 45.5 Å². The van der Waals surface area contributed by atoms with Crippen molar-refractivity contribution in [3.63, 3.8) is 0 Å². The first kappa shape index (κ1) is 27.0. The van der Waals surface area contributed by atoms with E-state index in [2.05, 4.69) is 19.9 Å². The van der Waals surface area contributed by atoms with Crippen molar-refractivity contribution in [2.24, 2.45) is 5.73 Å². The molecule has 1 fully saturated rings. The summed E-state index contributed by atoms with van der Waals surface area (Å²) in [4.78, 5) is 45.4. The summed E-state index contributed by atoms with van der Waals surface area (Å²) >= 11 is 0. The van der Waals surface area contributed by atoms with Gasteiger partial charge in [0.05, 0.1) is 13.2 Å². The molecular formula is C26H24F3N7O4. The summed E-state index contributed by atoms with van der Waals surface area (Å²) in [5, 5.41) is 0.291. The molecule has 0 aliphatic carbocycles. The van der Waals surface area contributed by atoms with Crippen LogP contribution in [0.2, 0.25) is 0 Å². The van der Waals surface area contributed by atoms with Gasteiger partial charge < -0.3 is 24.7 Å². The van der Waals surface area contributed by atoms with Crippen LogP contribution >= 0.6 is 0 Å². The van der Waals surface area contributed by atoms with Crippen LogP contribution in [-0.4, -0.2) is 74.8 Å². The van der Waals surface area contributed by atoms with Crippen molar-refractivity contribution in [2.45, 2.75) is 19.1 Å². The molecule has 1 aliphatic heterocycles. The molecule has 1 aromatic carbocycles. The maximum Gasteiger partial charge on any atom is 0.433 e. The third-order valence-electron chi connectivity index (χ3n) is 6.44. The van der Waals surface area contributed by atoms with Gasteiger partial charge in [-0.25, -0.2) is 19.9 Å². The van der Waals surface area contributed by atoms with E-state index in [0.29, 0.717) is 10.9 Å². The molecule has 3 aromatic heterocycles. The Balaban J connectivity index is 1.44. The highest BCUT2D eigenvalue weighted by atomic mass is 19.4. The summed E-state index contributed by atoms with van der Waals surface area (Å²) < 4.78 is 51.1. The fourth-order valence-electron chi connectivity index (χ4n) is 4.42. The first-order valence-electron chi connectivity index (χ1n) is 12.3. The van der Waals surface area contributed by atoms with Gasteiger partial charge in [-0.15, -0.1) is 0 Å². The number of methoxy groups -OCH3 is 1. The third kappa shape index (κ3) is 5.04. The maximum absolute atomic E-state index is 13.5. The van der Waals surface area contributed by atoms with E-state index in [1.54, 1.807) is 24.0 Å². The molecule has 0 saturated carbocycles. The number of hydrogen-bond acceptors (Lipinski definition) is 9. The van der Waals surface area contributed by atoms with E-state index in [1.165, 1.54) is 36.5 Å². The largest absolute Gasteiger partial charge is 0.494 e. The third-order valence-corrected chi connectivity index (χ3v) is 6.44. The minimum atomic E-state index is -4.65. The predicted molar refractivity (Wildman–Crippen MR) is 135 cm³/mol. The number of carbonyl (C=O) groups is 2. The van der Waals surface area contributed by atoms with Gasteiger partial charge in [-0.05, 0) is 37.3 Å². The smallest absolute Gasteiger partial charge is 0.433 e. The van der Waals surface area contributed by atoms with E-state index in [-0.39, 0.29) is 66.5 Å². The van der Waals surface area contributed by atoms with Crippen molar-refractivity contribution in [3.8, 4) is 17.2 Å². The molecule has 40 heavy (non-hydrogen) atoms. The Bertz CT molecular complexity index is 1570. The van der Waals surface area contributed by atoms with Crippen LogP contribution in [0.5, 0.6) is 5.75 Å². The lowest BCUT2D eigenvalue weighted by molar-refractivity contribution is -0.140. The Morgan fingerprint density at radius 3 is 2.25 bits per heavy atom. The quantitative estimate of drug-likeness (QED) is 0.393. The van der Waals surface area contributed by atoms with E-state index in [4.69, 9.17) is 14.9 Å². The van der Waals surface area contributed by atoms with Crippen LogP contribution in [0.15, 0.2) is 47.1 Å². The molecule has 14 heteroatoms. The van der Waals surface area contributed by atoms with Crippen molar-refractivity contribution in [1.29, 1.82) is 0 Å².